The molecule has 0 bridgehead atoms. The molecular weight excluding hydrogens is 336 g/mol. The number of hydrogen-bond donors (Lipinski definition) is 2. The maximum absolute atomic E-state index is 12.1. The Morgan fingerprint density at radius 3 is 2.88 bits per heavy atom. The minimum Gasteiger partial charge on any atom is -0.383 e. The molecule has 2 N–H and O–H groups in total. The van der Waals surface area contributed by atoms with Crippen LogP contribution in [0.25, 0.3) is 0 Å². The molecule has 1 saturated heterocycles. The van der Waals surface area contributed by atoms with Crippen LogP contribution in [0.1, 0.15) is 45.4 Å². The van der Waals surface area contributed by atoms with E-state index in [1.165, 1.54) is 12.8 Å². The summed E-state index contributed by atoms with van der Waals surface area (Å²) in [4.78, 5) is 6.90. The second-order valence-electron chi connectivity index (χ2n) is 7.08. The van der Waals surface area contributed by atoms with E-state index in [0.717, 1.165) is 63.6 Å². The van der Waals surface area contributed by atoms with Crippen LogP contribution in [-0.2, 0) is 15.5 Å². The number of nitrogens with zero attached hydrogens (tertiary/aromatic N) is 2. The summed E-state index contributed by atoms with van der Waals surface area (Å²) in [5.41, 5.74) is 0. The van der Waals surface area contributed by atoms with E-state index in [9.17, 15) is 4.21 Å². The van der Waals surface area contributed by atoms with Gasteiger partial charge in [0.1, 0.15) is 0 Å². The molecule has 0 radical (unpaired) electrons. The number of guanidine groups is 1. The zero-order valence-electron chi connectivity index (χ0n) is 16.1. The van der Waals surface area contributed by atoms with Gasteiger partial charge in [0.25, 0.3) is 0 Å². The number of aliphatic imine (C=N–C) groups is 1. The lowest BCUT2D eigenvalue weighted by molar-refractivity contribution is 0.141. The Morgan fingerprint density at radius 2 is 2.16 bits per heavy atom. The zero-order valence-corrected chi connectivity index (χ0v) is 16.9. The van der Waals surface area contributed by atoms with Gasteiger partial charge >= 0.3 is 0 Å². The minimum absolute atomic E-state index is 0.341. The predicted molar refractivity (Wildman–Crippen MR) is 106 cm³/mol. The molecule has 2 rings (SSSR count). The van der Waals surface area contributed by atoms with E-state index >= 15 is 0 Å². The van der Waals surface area contributed by atoms with E-state index in [1.54, 1.807) is 7.11 Å². The van der Waals surface area contributed by atoms with E-state index in [-0.39, 0.29) is 0 Å². The fourth-order valence-corrected chi connectivity index (χ4v) is 5.33. The summed E-state index contributed by atoms with van der Waals surface area (Å²) in [5, 5.41) is 7.40. The van der Waals surface area contributed by atoms with Gasteiger partial charge in [0.05, 0.1) is 6.61 Å². The van der Waals surface area contributed by atoms with Crippen LogP contribution < -0.4 is 10.6 Å². The Kier molecular flexibility index (Phi) is 9.20. The number of rotatable bonds is 8. The summed E-state index contributed by atoms with van der Waals surface area (Å²) in [6.07, 6.45) is 6.87. The van der Waals surface area contributed by atoms with Crippen molar-refractivity contribution < 1.29 is 8.95 Å². The summed E-state index contributed by atoms with van der Waals surface area (Å²) in [6, 6.07) is 0.939. The van der Waals surface area contributed by atoms with Gasteiger partial charge in [0.15, 0.2) is 5.96 Å². The van der Waals surface area contributed by atoms with Crippen molar-refractivity contribution in [1.29, 1.82) is 0 Å². The van der Waals surface area contributed by atoms with Gasteiger partial charge in [0.2, 0.25) is 0 Å². The minimum atomic E-state index is -0.684. The van der Waals surface area contributed by atoms with Crippen molar-refractivity contribution in [1.82, 2.24) is 15.5 Å². The normalized spacial score (nSPS) is 29.6. The SMILES string of the molecule is CCS(=O)C1CCCC(NC(=NC)NCC2CCCN2CCOC)C1. The molecule has 1 aliphatic carbocycles. The third-order valence-corrected chi connectivity index (χ3v) is 7.17. The number of nitrogens with one attached hydrogen (secondary N) is 2. The second-order valence-corrected chi connectivity index (χ2v) is 9.08. The Morgan fingerprint density at radius 1 is 1.32 bits per heavy atom. The van der Waals surface area contributed by atoms with Gasteiger partial charge in [-0.25, -0.2) is 0 Å². The Bertz CT molecular complexity index is 447. The van der Waals surface area contributed by atoms with Gasteiger partial charge in [0, 0.05) is 61.1 Å². The summed E-state index contributed by atoms with van der Waals surface area (Å²) >= 11 is 0. The first-order valence-corrected chi connectivity index (χ1v) is 11.1. The average molecular weight is 373 g/mol. The summed E-state index contributed by atoms with van der Waals surface area (Å²) in [5.74, 6) is 1.65. The van der Waals surface area contributed by atoms with Crippen molar-refractivity contribution in [3.63, 3.8) is 0 Å². The van der Waals surface area contributed by atoms with E-state index in [1.807, 2.05) is 14.0 Å². The van der Waals surface area contributed by atoms with Crippen molar-refractivity contribution >= 4 is 16.8 Å². The predicted octanol–water partition coefficient (Wildman–Crippen LogP) is 1.34. The molecule has 146 valence electrons. The van der Waals surface area contributed by atoms with Crippen molar-refractivity contribution in [2.24, 2.45) is 4.99 Å². The third kappa shape index (κ3) is 6.53. The number of hydrogen-bond acceptors (Lipinski definition) is 4. The molecule has 0 aromatic carbocycles. The largest absolute Gasteiger partial charge is 0.383 e. The summed E-state index contributed by atoms with van der Waals surface area (Å²) in [7, 11) is 2.91. The van der Waals surface area contributed by atoms with Crippen LogP contribution in [0, 0.1) is 0 Å². The molecule has 1 saturated carbocycles. The highest BCUT2D eigenvalue weighted by Gasteiger charge is 2.27. The van der Waals surface area contributed by atoms with Gasteiger partial charge in [-0.1, -0.05) is 13.3 Å². The monoisotopic (exact) mass is 372 g/mol. The lowest BCUT2D eigenvalue weighted by Crippen LogP contribution is -2.49. The van der Waals surface area contributed by atoms with Gasteiger partial charge in [-0.3, -0.25) is 14.1 Å². The van der Waals surface area contributed by atoms with Crippen LogP contribution in [0.3, 0.4) is 0 Å². The average Bonchev–Trinajstić information content (AvgIpc) is 3.10. The third-order valence-electron chi connectivity index (χ3n) is 5.43. The summed E-state index contributed by atoms with van der Waals surface area (Å²) in [6.45, 7) is 5.89. The van der Waals surface area contributed by atoms with Gasteiger partial charge in [-0.05, 0) is 38.6 Å². The number of methoxy groups -OCH3 is 1. The number of ether oxygens (including phenoxy) is 1. The van der Waals surface area contributed by atoms with Crippen molar-refractivity contribution in [3.8, 4) is 0 Å². The maximum atomic E-state index is 12.1. The molecule has 0 aromatic rings. The molecule has 1 heterocycles. The van der Waals surface area contributed by atoms with Crippen LogP contribution in [0.2, 0.25) is 0 Å². The maximum Gasteiger partial charge on any atom is 0.191 e. The Balaban J connectivity index is 1.77. The number of likely N-dealkylation sites (tertiary alicyclic amines) is 1. The molecule has 0 spiro atoms. The smallest absolute Gasteiger partial charge is 0.191 e. The second kappa shape index (κ2) is 11.1. The Labute approximate surface area is 155 Å². The molecule has 2 fully saturated rings. The molecule has 4 atom stereocenters. The molecule has 7 heteroatoms. The van der Waals surface area contributed by atoms with Crippen LogP contribution in [0.15, 0.2) is 4.99 Å². The highest BCUT2D eigenvalue weighted by molar-refractivity contribution is 7.85. The molecule has 4 unspecified atom stereocenters. The first kappa shape index (κ1) is 20.6. The van der Waals surface area contributed by atoms with Crippen LogP contribution in [0.5, 0.6) is 0 Å². The Hall–Kier alpha value is -0.660. The van der Waals surface area contributed by atoms with Crippen LogP contribution in [-0.4, -0.2) is 78.6 Å². The molecule has 0 amide bonds. The quantitative estimate of drug-likeness (QED) is 0.497. The molecular formula is C18H36N4O2S. The van der Waals surface area contributed by atoms with Gasteiger partial charge < -0.3 is 15.4 Å². The van der Waals surface area contributed by atoms with E-state index < -0.39 is 10.8 Å². The summed E-state index contributed by atoms with van der Waals surface area (Å²) < 4.78 is 17.3. The molecule has 0 aromatic heterocycles. The van der Waals surface area contributed by atoms with Crippen molar-refractivity contribution in [2.45, 2.75) is 62.8 Å². The first-order valence-electron chi connectivity index (χ1n) is 9.75. The lowest BCUT2D eigenvalue weighted by Gasteiger charge is -2.31. The lowest BCUT2D eigenvalue weighted by atomic mass is 9.95. The molecule has 25 heavy (non-hydrogen) atoms. The van der Waals surface area contributed by atoms with Crippen LogP contribution >= 0.6 is 0 Å². The van der Waals surface area contributed by atoms with Crippen molar-refractivity contribution in [2.75, 3.05) is 46.2 Å². The van der Waals surface area contributed by atoms with E-state index in [0.29, 0.717) is 17.3 Å². The zero-order chi connectivity index (χ0) is 18.1. The van der Waals surface area contributed by atoms with E-state index in [4.69, 9.17) is 4.74 Å². The van der Waals surface area contributed by atoms with Gasteiger partial charge in [-0.15, -0.1) is 0 Å². The fourth-order valence-electron chi connectivity index (χ4n) is 3.98. The fraction of sp³-hybridized carbons (Fsp3) is 0.944. The molecule has 6 nitrogen and oxygen atoms in total. The molecule has 1 aliphatic heterocycles. The highest BCUT2D eigenvalue weighted by atomic mass is 32.2. The van der Waals surface area contributed by atoms with Gasteiger partial charge in [-0.2, -0.15) is 0 Å². The van der Waals surface area contributed by atoms with E-state index in [2.05, 4.69) is 20.5 Å². The standard InChI is InChI=1S/C18H36N4O2S/c1-4-25(23)17-9-5-7-15(13-17)21-18(19-2)20-14-16-8-6-10-22(16)11-12-24-3/h15-17H,4-14H2,1-3H3,(H2,19,20,21). The van der Waals surface area contributed by atoms with Crippen LogP contribution in [0.4, 0.5) is 0 Å². The highest BCUT2D eigenvalue weighted by Crippen LogP contribution is 2.23. The first-order chi connectivity index (χ1) is 12.2. The topological polar surface area (TPSA) is 66.0 Å². The van der Waals surface area contributed by atoms with Crippen molar-refractivity contribution in [3.05, 3.63) is 0 Å². The molecule has 2 aliphatic rings.